The van der Waals surface area contributed by atoms with Crippen LogP contribution in [-0.4, -0.2) is 82.9 Å². The minimum atomic E-state index is -3.12. The predicted octanol–water partition coefficient (Wildman–Crippen LogP) is -1.09. The summed E-state index contributed by atoms with van der Waals surface area (Å²) in [6.45, 7) is 5.77. The molecule has 0 aromatic heterocycles. The fourth-order valence-corrected chi connectivity index (χ4v) is 3.38. The molecule has 0 radical (unpaired) electrons. The van der Waals surface area contributed by atoms with Gasteiger partial charge in [-0.3, -0.25) is 4.90 Å². The lowest BCUT2D eigenvalue weighted by atomic mass is 10.4. The van der Waals surface area contributed by atoms with Crippen LogP contribution in [0.1, 0.15) is 12.8 Å². The highest BCUT2D eigenvalue weighted by molar-refractivity contribution is 7.89. The van der Waals surface area contributed by atoms with E-state index < -0.39 is 10.0 Å². The van der Waals surface area contributed by atoms with Crippen LogP contribution in [0.5, 0.6) is 0 Å². The van der Waals surface area contributed by atoms with Crippen molar-refractivity contribution >= 4 is 10.0 Å². The summed E-state index contributed by atoms with van der Waals surface area (Å²) < 4.78 is 26.4. The first-order valence-electron chi connectivity index (χ1n) is 7.17. The highest BCUT2D eigenvalue weighted by Gasteiger charge is 2.25. The highest BCUT2D eigenvalue weighted by atomic mass is 32.2. The van der Waals surface area contributed by atoms with Gasteiger partial charge in [-0.2, -0.15) is 0 Å². The number of rotatable bonds is 8. The summed E-state index contributed by atoms with van der Waals surface area (Å²) in [4.78, 5) is 4.44. The molecule has 112 valence electrons. The van der Waals surface area contributed by atoms with Crippen LogP contribution < -0.4 is 10.0 Å². The van der Waals surface area contributed by atoms with Gasteiger partial charge in [0.1, 0.15) is 0 Å². The fourth-order valence-electron chi connectivity index (χ4n) is 2.33. The molecule has 19 heavy (non-hydrogen) atoms. The van der Waals surface area contributed by atoms with Crippen LogP contribution in [0.15, 0.2) is 0 Å². The largest absolute Gasteiger partial charge is 0.314 e. The van der Waals surface area contributed by atoms with E-state index in [4.69, 9.17) is 0 Å². The van der Waals surface area contributed by atoms with Gasteiger partial charge in [0.25, 0.3) is 0 Å². The summed E-state index contributed by atoms with van der Waals surface area (Å²) in [5.74, 6) is 0.208. The second kappa shape index (κ2) is 6.99. The third kappa shape index (κ3) is 5.74. The molecule has 1 aliphatic carbocycles. The van der Waals surface area contributed by atoms with Gasteiger partial charge in [0, 0.05) is 51.9 Å². The average Bonchev–Trinajstić information content (AvgIpc) is 3.22. The van der Waals surface area contributed by atoms with E-state index in [-0.39, 0.29) is 5.75 Å². The molecule has 1 saturated carbocycles. The lowest BCUT2D eigenvalue weighted by molar-refractivity contribution is 0.253. The van der Waals surface area contributed by atoms with Crippen LogP contribution in [0.25, 0.3) is 0 Å². The highest BCUT2D eigenvalue weighted by Crippen LogP contribution is 2.24. The summed E-state index contributed by atoms with van der Waals surface area (Å²) in [5.41, 5.74) is 0. The van der Waals surface area contributed by atoms with E-state index in [1.165, 1.54) is 12.8 Å². The van der Waals surface area contributed by atoms with Gasteiger partial charge in [-0.25, -0.2) is 13.1 Å². The van der Waals surface area contributed by atoms with Crippen molar-refractivity contribution in [1.82, 2.24) is 19.8 Å². The Morgan fingerprint density at radius 3 is 2.63 bits per heavy atom. The lowest BCUT2D eigenvalue weighted by Crippen LogP contribution is -2.46. The van der Waals surface area contributed by atoms with Gasteiger partial charge in [-0.1, -0.05) is 0 Å². The van der Waals surface area contributed by atoms with Gasteiger partial charge in [0.2, 0.25) is 10.0 Å². The molecule has 2 fully saturated rings. The molecule has 0 aromatic rings. The van der Waals surface area contributed by atoms with E-state index in [0.717, 1.165) is 32.7 Å². The Bertz CT molecular complexity index is 364. The molecule has 0 spiro atoms. The minimum Gasteiger partial charge on any atom is -0.314 e. The van der Waals surface area contributed by atoms with Crippen molar-refractivity contribution in [3.8, 4) is 0 Å². The molecule has 2 aliphatic rings. The molecule has 1 saturated heterocycles. The molecule has 7 heteroatoms. The van der Waals surface area contributed by atoms with Gasteiger partial charge >= 0.3 is 0 Å². The number of hydrogen-bond donors (Lipinski definition) is 2. The van der Waals surface area contributed by atoms with E-state index in [2.05, 4.69) is 26.9 Å². The van der Waals surface area contributed by atoms with Gasteiger partial charge in [0.05, 0.1) is 5.75 Å². The van der Waals surface area contributed by atoms with Gasteiger partial charge in [-0.05, 0) is 19.9 Å². The zero-order chi connectivity index (χ0) is 13.7. The van der Waals surface area contributed by atoms with Crippen molar-refractivity contribution in [2.24, 2.45) is 0 Å². The number of sulfonamides is 1. The zero-order valence-corrected chi connectivity index (χ0v) is 12.6. The van der Waals surface area contributed by atoms with Crippen molar-refractivity contribution in [2.75, 3.05) is 58.6 Å². The van der Waals surface area contributed by atoms with E-state index in [1.807, 2.05) is 0 Å². The molecule has 2 N–H and O–H groups in total. The summed E-state index contributed by atoms with van der Waals surface area (Å²) >= 11 is 0. The van der Waals surface area contributed by atoms with Crippen molar-refractivity contribution in [2.45, 2.75) is 18.9 Å². The first-order valence-corrected chi connectivity index (χ1v) is 8.83. The van der Waals surface area contributed by atoms with Crippen LogP contribution in [0, 0.1) is 0 Å². The Morgan fingerprint density at radius 2 is 2.00 bits per heavy atom. The minimum absolute atomic E-state index is 0.208. The molecule has 6 nitrogen and oxygen atoms in total. The summed E-state index contributed by atoms with van der Waals surface area (Å²) in [5, 5.41) is 3.26. The van der Waals surface area contributed by atoms with Crippen molar-refractivity contribution in [1.29, 1.82) is 0 Å². The summed E-state index contributed by atoms with van der Waals surface area (Å²) in [6.07, 6.45) is 2.51. The standard InChI is InChI=1S/C12H26N4O2S/c1-15(12-2-3-12)7-6-14-19(17,18)11-10-16-8-4-13-5-9-16/h12-14H,2-11H2,1H3. The molecular formula is C12H26N4O2S. The first kappa shape index (κ1) is 15.2. The number of hydrogen-bond acceptors (Lipinski definition) is 5. The van der Waals surface area contributed by atoms with E-state index in [0.29, 0.717) is 19.1 Å². The first-order chi connectivity index (χ1) is 9.07. The van der Waals surface area contributed by atoms with Crippen LogP contribution in [0.4, 0.5) is 0 Å². The van der Waals surface area contributed by atoms with Crippen LogP contribution in [-0.2, 0) is 10.0 Å². The van der Waals surface area contributed by atoms with Crippen LogP contribution in [0.2, 0.25) is 0 Å². The Morgan fingerprint density at radius 1 is 1.32 bits per heavy atom. The Labute approximate surface area is 116 Å². The topological polar surface area (TPSA) is 64.7 Å². The molecule has 1 aliphatic heterocycles. The molecule has 0 unspecified atom stereocenters. The molecule has 0 atom stereocenters. The average molecular weight is 290 g/mol. The van der Waals surface area contributed by atoms with Crippen molar-refractivity contribution in [3.05, 3.63) is 0 Å². The fraction of sp³-hybridized carbons (Fsp3) is 1.00. The van der Waals surface area contributed by atoms with E-state index in [9.17, 15) is 8.42 Å². The maximum absolute atomic E-state index is 11.9. The van der Waals surface area contributed by atoms with Gasteiger partial charge in [0.15, 0.2) is 0 Å². The second-order valence-corrected chi connectivity index (χ2v) is 7.44. The Kier molecular flexibility index (Phi) is 5.58. The molecule has 1 heterocycles. The SMILES string of the molecule is CN(CCNS(=O)(=O)CCN1CCNCC1)C1CC1. The number of likely N-dealkylation sites (N-methyl/N-ethyl adjacent to an activating group) is 1. The van der Waals surface area contributed by atoms with Crippen LogP contribution in [0.3, 0.4) is 0 Å². The molecule has 2 rings (SSSR count). The molecule has 0 bridgehead atoms. The van der Waals surface area contributed by atoms with Crippen molar-refractivity contribution < 1.29 is 8.42 Å². The normalized spacial score (nSPS) is 22.0. The lowest BCUT2D eigenvalue weighted by Gasteiger charge is -2.27. The zero-order valence-electron chi connectivity index (χ0n) is 11.8. The monoisotopic (exact) mass is 290 g/mol. The maximum Gasteiger partial charge on any atom is 0.212 e. The quantitative estimate of drug-likeness (QED) is 0.594. The van der Waals surface area contributed by atoms with Crippen molar-refractivity contribution in [3.63, 3.8) is 0 Å². The Balaban J connectivity index is 1.60. The van der Waals surface area contributed by atoms with Crippen LogP contribution >= 0.6 is 0 Å². The molecule has 0 aromatic carbocycles. The van der Waals surface area contributed by atoms with E-state index >= 15 is 0 Å². The Hall–Kier alpha value is -0.210. The van der Waals surface area contributed by atoms with Gasteiger partial charge < -0.3 is 10.2 Å². The number of piperazine rings is 1. The number of nitrogens with one attached hydrogen (secondary N) is 2. The molecular weight excluding hydrogens is 264 g/mol. The summed E-state index contributed by atoms with van der Waals surface area (Å²) in [6, 6.07) is 0.686. The smallest absolute Gasteiger partial charge is 0.212 e. The van der Waals surface area contributed by atoms with E-state index in [1.54, 1.807) is 0 Å². The maximum atomic E-state index is 11.9. The third-order valence-corrected chi connectivity index (χ3v) is 5.21. The summed E-state index contributed by atoms with van der Waals surface area (Å²) in [7, 11) is -1.06. The van der Waals surface area contributed by atoms with Gasteiger partial charge in [-0.15, -0.1) is 0 Å². The predicted molar refractivity (Wildman–Crippen MR) is 76.8 cm³/mol. The second-order valence-electron chi connectivity index (χ2n) is 5.52. The number of nitrogens with zero attached hydrogens (tertiary/aromatic N) is 2. The third-order valence-electron chi connectivity index (χ3n) is 3.84. The molecule has 0 amide bonds.